The van der Waals surface area contributed by atoms with Crippen LogP contribution in [0.3, 0.4) is 0 Å². The van der Waals surface area contributed by atoms with Crippen molar-refractivity contribution in [2.75, 3.05) is 5.73 Å². The summed E-state index contributed by atoms with van der Waals surface area (Å²) >= 11 is 3.12. The average Bonchev–Trinajstić information content (AvgIpc) is 2.52. The van der Waals surface area contributed by atoms with Crippen LogP contribution in [0.2, 0.25) is 0 Å². The standard InChI is InChI=1S/C15H10BrFN4O/c16-10-4-1-5-12(13(10)17)22-14-9(3-2-7-19-14)11-6-8-20-15(18)21-11/h1-8H,(H2,18,20,21). The largest absolute Gasteiger partial charge is 0.435 e. The van der Waals surface area contributed by atoms with E-state index in [1.165, 1.54) is 12.3 Å². The number of ether oxygens (including phenoxy) is 1. The Morgan fingerprint density at radius 2 is 1.91 bits per heavy atom. The molecule has 0 aliphatic rings. The van der Waals surface area contributed by atoms with E-state index in [0.29, 0.717) is 15.7 Å². The zero-order valence-corrected chi connectivity index (χ0v) is 12.8. The van der Waals surface area contributed by atoms with Crippen molar-refractivity contribution in [2.45, 2.75) is 0 Å². The maximum atomic E-state index is 14.0. The summed E-state index contributed by atoms with van der Waals surface area (Å²) < 4.78 is 20.0. The van der Waals surface area contributed by atoms with Gasteiger partial charge in [0.25, 0.3) is 0 Å². The summed E-state index contributed by atoms with van der Waals surface area (Å²) in [6, 6.07) is 9.96. The second-order valence-corrected chi connectivity index (χ2v) is 5.16. The number of hydrogen-bond acceptors (Lipinski definition) is 5. The Labute approximate surface area is 134 Å². The number of rotatable bonds is 3. The van der Waals surface area contributed by atoms with E-state index in [0.717, 1.165) is 0 Å². The fourth-order valence-corrected chi connectivity index (χ4v) is 2.21. The Bertz CT molecular complexity index is 828. The highest BCUT2D eigenvalue weighted by atomic mass is 79.9. The second-order valence-electron chi connectivity index (χ2n) is 4.31. The SMILES string of the molecule is Nc1nccc(-c2cccnc2Oc2cccc(Br)c2F)n1. The molecule has 2 N–H and O–H groups in total. The molecule has 2 aromatic heterocycles. The Morgan fingerprint density at radius 3 is 2.73 bits per heavy atom. The summed E-state index contributed by atoms with van der Waals surface area (Å²) in [4.78, 5) is 12.1. The molecule has 3 rings (SSSR count). The number of hydrogen-bond donors (Lipinski definition) is 1. The van der Waals surface area contributed by atoms with Gasteiger partial charge in [-0.25, -0.2) is 19.3 Å². The van der Waals surface area contributed by atoms with E-state index in [2.05, 4.69) is 30.9 Å². The van der Waals surface area contributed by atoms with Crippen LogP contribution in [-0.2, 0) is 0 Å². The van der Waals surface area contributed by atoms with E-state index in [1.807, 2.05) is 0 Å². The molecule has 22 heavy (non-hydrogen) atoms. The van der Waals surface area contributed by atoms with Gasteiger partial charge in [0.15, 0.2) is 11.6 Å². The lowest BCUT2D eigenvalue weighted by Crippen LogP contribution is -1.98. The van der Waals surface area contributed by atoms with Crippen LogP contribution < -0.4 is 10.5 Å². The van der Waals surface area contributed by atoms with Gasteiger partial charge < -0.3 is 10.5 Å². The fraction of sp³-hybridized carbons (Fsp3) is 0. The molecule has 2 heterocycles. The summed E-state index contributed by atoms with van der Waals surface area (Å²) in [5.41, 5.74) is 6.73. The summed E-state index contributed by atoms with van der Waals surface area (Å²) in [6.45, 7) is 0. The van der Waals surface area contributed by atoms with Gasteiger partial charge in [0.05, 0.1) is 15.7 Å². The van der Waals surface area contributed by atoms with Crippen LogP contribution in [0.5, 0.6) is 11.6 Å². The average molecular weight is 361 g/mol. The third-order valence-electron chi connectivity index (χ3n) is 2.84. The minimum atomic E-state index is -0.499. The van der Waals surface area contributed by atoms with E-state index < -0.39 is 5.82 Å². The molecule has 0 unspecified atom stereocenters. The molecule has 0 radical (unpaired) electrons. The Morgan fingerprint density at radius 1 is 1.05 bits per heavy atom. The molecule has 0 aliphatic carbocycles. The van der Waals surface area contributed by atoms with E-state index in [-0.39, 0.29) is 17.6 Å². The van der Waals surface area contributed by atoms with Crippen LogP contribution in [0.1, 0.15) is 0 Å². The predicted octanol–water partition coefficient (Wildman–Crippen LogP) is 3.81. The van der Waals surface area contributed by atoms with E-state index in [1.54, 1.807) is 36.5 Å². The van der Waals surface area contributed by atoms with Crippen molar-refractivity contribution in [1.82, 2.24) is 15.0 Å². The smallest absolute Gasteiger partial charge is 0.228 e. The second kappa shape index (κ2) is 6.07. The minimum Gasteiger partial charge on any atom is -0.435 e. The number of aromatic nitrogens is 3. The Balaban J connectivity index is 2.04. The minimum absolute atomic E-state index is 0.0661. The number of nitrogens with two attached hydrogens (primary N) is 1. The van der Waals surface area contributed by atoms with Gasteiger partial charge in [0.2, 0.25) is 11.8 Å². The van der Waals surface area contributed by atoms with Crippen LogP contribution in [0.15, 0.2) is 53.3 Å². The monoisotopic (exact) mass is 360 g/mol. The topological polar surface area (TPSA) is 73.9 Å². The first-order valence-electron chi connectivity index (χ1n) is 6.31. The molecule has 7 heteroatoms. The molecule has 0 spiro atoms. The summed E-state index contributed by atoms with van der Waals surface area (Å²) in [6.07, 6.45) is 3.09. The van der Waals surface area contributed by atoms with Crippen LogP contribution >= 0.6 is 15.9 Å². The maximum absolute atomic E-state index is 14.0. The highest BCUT2D eigenvalue weighted by Crippen LogP contribution is 2.33. The zero-order valence-electron chi connectivity index (χ0n) is 11.2. The molecule has 0 saturated heterocycles. The first-order chi connectivity index (χ1) is 10.6. The number of pyridine rings is 1. The van der Waals surface area contributed by atoms with Gasteiger partial charge in [-0.2, -0.15) is 0 Å². The van der Waals surface area contributed by atoms with Gasteiger partial charge in [-0.3, -0.25) is 0 Å². The molecule has 0 saturated carbocycles. The maximum Gasteiger partial charge on any atom is 0.228 e. The number of nitrogen functional groups attached to an aromatic ring is 1. The Hall–Kier alpha value is -2.54. The van der Waals surface area contributed by atoms with E-state index in [9.17, 15) is 4.39 Å². The normalized spacial score (nSPS) is 10.5. The molecule has 0 aliphatic heterocycles. The molecule has 1 aromatic carbocycles. The van der Waals surface area contributed by atoms with Crippen LogP contribution in [-0.4, -0.2) is 15.0 Å². The summed E-state index contributed by atoms with van der Waals surface area (Å²) in [5.74, 6) is -0.0591. The molecule has 3 aromatic rings. The lowest BCUT2D eigenvalue weighted by Gasteiger charge is -2.10. The lowest BCUT2D eigenvalue weighted by atomic mass is 10.2. The quantitative estimate of drug-likeness (QED) is 0.768. The van der Waals surface area contributed by atoms with Crippen LogP contribution in [0.4, 0.5) is 10.3 Å². The first-order valence-corrected chi connectivity index (χ1v) is 7.10. The van der Waals surface area contributed by atoms with Crippen LogP contribution in [0.25, 0.3) is 11.3 Å². The molecule has 110 valence electrons. The third-order valence-corrected chi connectivity index (χ3v) is 3.46. The third kappa shape index (κ3) is 2.89. The highest BCUT2D eigenvalue weighted by molar-refractivity contribution is 9.10. The molecular weight excluding hydrogens is 351 g/mol. The van der Waals surface area contributed by atoms with Crippen molar-refractivity contribution in [2.24, 2.45) is 0 Å². The van der Waals surface area contributed by atoms with E-state index in [4.69, 9.17) is 10.5 Å². The number of nitrogens with zero attached hydrogens (tertiary/aromatic N) is 3. The van der Waals surface area contributed by atoms with E-state index >= 15 is 0 Å². The first kappa shape index (κ1) is 14.4. The Kier molecular flexibility index (Phi) is 3.97. The van der Waals surface area contributed by atoms with Gasteiger partial charge in [-0.05, 0) is 46.3 Å². The number of benzene rings is 1. The summed E-state index contributed by atoms with van der Waals surface area (Å²) in [7, 11) is 0. The summed E-state index contributed by atoms with van der Waals surface area (Å²) in [5, 5.41) is 0. The van der Waals surface area contributed by atoms with Gasteiger partial charge in [-0.1, -0.05) is 6.07 Å². The van der Waals surface area contributed by atoms with Gasteiger partial charge in [0, 0.05) is 12.4 Å². The fourth-order valence-electron chi connectivity index (χ4n) is 1.86. The molecule has 0 amide bonds. The van der Waals surface area contributed by atoms with Crippen molar-refractivity contribution < 1.29 is 9.13 Å². The van der Waals surface area contributed by atoms with Crippen molar-refractivity contribution in [1.29, 1.82) is 0 Å². The number of halogens is 2. The zero-order chi connectivity index (χ0) is 15.5. The number of anilines is 1. The molecular formula is C15H10BrFN4O. The molecule has 0 atom stereocenters. The highest BCUT2D eigenvalue weighted by Gasteiger charge is 2.14. The molecule has 0 fully saturated rings. The lowest BCUT2D eigenvalue weighted by molar-refractivity contribution is 0.427. The predicted molar refractivity (Wildman–Crippen MR) is 83.8 cm³/mol. The van der Waals surface area contributed by atoms with Crippen LogP contribution in [0, 0.1) is 5.82 Å². The van der Waals surface area contributed by atoms with Crippen molar-refractivity contribution in [3.05, 3.63) is 59.1 Å². The van der Waals surface area contributed by atoms with Gasteiger partial charge in [-0.15, -0.1) is 0 Å². The van der Waals surface area contributed by atoms with Crippen molar-refractivity contribution in [3.8, 4) is 22.9 Å². The van der Waals surface area contributed by atoms with Crippen molar-refractivity contribution >= 4 is 21.9 Å². The molecule has 5 nitrogen and oxygen atoms in total. The van der Waals surface area contributed by atoms with Gasteiger partial charge in [0.1, 0.15) is 0 Å². The molecule has 0 bridgehead atoms. The van der Waals surface area contributed by atoms with Gasteiger partial charge >= 0.3 is 0 Å². The van der Waals surface area contributed by atoms with Crippen molar-refractivity contribution in [3.63, 3.8) is 0 Å².